The molecule has 0 bridgehead atoms. The van der Waals surface area contributed by atoms with Crippen LogP contribution < -0.4 is 0 Å². The van der Waals surface area contributed by atoms with Gasteiger partial charge >= 0.3 is 0 Å². The molecule has 3 aromatic carbocycles. The molecule has 0 spiro atoms. The van der Waals surface area contributed by atoms with Crippen molar-refractivity contribution in [1.29, 1.82) is 0 Å². The summed E-state index contributed by atoms with van der Waals surface area (Å²) >= 11 is 0. The quantitative estimate of drug-likeness (QED) is 0.404. The van der Waals surface area contributed by atoms with Crippen LogP contribution in [0.3, 0.4) is 0 Å². The highest BCUT2D eigenvalue weighted by atomic mass is 16.5. The molecule has 4 heteroatoms. The molecule has 3 aromatic rings. The molecule has 0 radical (unpaired) electrons. The summed E-state index contributed by atoms with van der Waals surface area (Å²) in [6.45, 7) is 5.16. The Hall–Kier alpha value is -2.95. The molecule has 0 aromatic heterocycles. The first-order chi connectivity index (χ1) is 17.7. The molecule has 0 saturated carbocycles. The van der Waals surface area contributed by atoms with Crippen LogP contribution in [-0.2, 0) is 14.9 Å². The minimum Gasteiger partial charge on any atom is -0.359 e. The molecule has 2 aliphatic rings. The molecule has 5 rings (SSSR count). The van der Waals surface area contributed by atoms with Crippen LogP contribution in [0.5, 0.6) is 0 Å². The minimum atomic E-state index is -0.247. The van der Waals surface area contributed by atoms with Crippen LogP contribution >= 0.6 is 0 Å². The second-order valence-corrected chi connectivity index (χ2v) is 10.4. The lowest BCUT2D eigenvalue weighted by Crippen LogP contribution is -2.51. The maximum atomic E-state index is 13.3. The highest BCUT2D eigenvalue weighted by Gasteiger charge is 2.39. The molecule has 4 nitrogen and oxygen atoms in total. The first-order valence-corrected chi connectivity index (χ1v) is 13.5. The molecule has 1 amide bonds. The summed E-state index contributed by atoms with van der Waals surface area (Å²) in [7, 11) is 0. The lowest BCUT2D eigenvalue weighted by Gasteiger charge is -2.45. The van der Waals surface area contributed by atoms with Gasteiger partial charge in [0.2, 0.25) is 5.91 Å². The van der Waals surface area contributed by atoms with Gasteiger partial charge in [0, 0.05) is 25.0 Å². The molecule has 0 aliphatic carbocycles. The summed E-state index contributed by atoms with van der Waals surface area (Å²) < 4.78 is 6.29. The Bertz CT molecular complexity index is 1030. The zero-order chi connectivity index (χ0) is 24.6. The minimum absolute atomic E-state index is 0.0893. The normalized spacial score (nSPS) is 18.3. The molecule has 0 N–H and O–H groups in total. The first-order valence-electron chi connectivity index (χ1n) is 13.5. The number of piperidine rings is 2. The highest BCUT2D eigenvalue weighted by Crippen LogP contribution is 2.37. The van der Waals surface area contributed by atoms with E-state index in [-0.39, 0.29) is 24.0 Å². The monoisotopic (exact) mass is 482 g/mol. The van der Waals surface area contributed by atoms with Gasteiger partial charge in [-0.25, -0.2) is 0 Å². The zero-order valence-electron chi connectivity index (χ0n) is 21.2. The number of carbonyl (C=O) groups is 1. The number of amides is 1. The number of benzene rings is 3. The van der Waals surface area contributed by atoms with Gasteiger partial charge in [0.25, 0.3) is 0 Å². The molecule has 0 atom stereocenters. The van der Waals surface area contributed by atoms with E-state index in [2.05, 4.69) is 59.5 Å². The average Bonchev–Trinajstić information content (AvgIpc) is 2.96. The smallest absolute Gasteiger partial charge is 0.248 e. The van der Waals surface area contributed by atoms with Crippen molar-refractivity contribution in [2.75, 3.05) is 39.3 Å². The lowest BCUT2D eigenvalue weighted by molar-refractivity contribution is -0.139. The van der Waals surface area contributed by atoms with Crippen molar-refractivity contribution in [2.24, 2.45) is 0 Å². The molecule has 36 heavy (non-hydrogen) atoms. The topological polar surface area (TPSA) is 32.8 Å². The molecule has 2 fully saturated rings. The third kappa shape index (κ3) is 5.88. The lowest BCUT2D eigenvalue weighted by atomic mass is 9.72. The molecular weight excluding hydrogens is 444 g/mol. The van der Waals surface area contributed by atoms with Crippen molar-refractivity contribution in [2.45, 2.75) is 43.6 Å². The van der Waals surface area contributed by atoms with Gasteiger partial charge in [-0.15, -0.1) is 0 Å². The number of likely N-dealkylation sites (tertiary alicyclic amines) is 2. The van der Waals surface area contributed by atoms with Crippen molar-refractivity contribution in [3.05, 3.63) is 108 Å². The van der Waals surface area contributed by atoms with Gasteiger partial charge in [-0.3, -0.25) is 4.79 Å². The number of rotatable bonds is 8. The van der Waals surface area contributed by atoms with Crippen molar-refractivity contribution >= 4 is 5.91 Å². The average molecular weight is 483 g/mol. The zero-order valence-corrected chi connectivity index (χ0v) is 21.2. The summed E-state index contributed by atoms with van der Waals surface area (Å²) in [6, 6.07) is 31.4. The van der Waals surface area contributed by atoms with Crippen LogP contribution in [-0.4, -0.2) is 55.0 Å². The van der Waals surface area contributed by atoms with Crippen LogP contribution in [0.2, 0.25) is 0 Å². The standard InChI is InChI=1S/C32H38N2O2/c35-30(25-36-31(27-13-5-1-6-14-27)28-15-7-2-8-16-28)34-23-19-32(20-24-34,29-17-9-3-10-18-29)26-33-21-11-4-12-22-33/h1-3,5-10,13-18,31H,4,11-12,19-26H2. The number of nitrogens with zero attached hydrogens (tertiary/aromatic N) is 2. The van der Waals surface area contributed by atoms with Crippen LogP contribution in [0.15, 0.2) is 91.0 Å². The maximum absolute atomic E-state index is 13.3. The van der Waals surface area contributed by atoms with Crippen LogP contribution in [0.1, 0.15) is 54.9 Å². The van der Waals surface area contributed by atoms with Gasteiger partial charge in [-0.05, 0) is 55.5 Å². The summed E-state index contributed by atoms with van der Waals surface area (Å²) in [5.74, 6) is 0.0893. The second kappa shape index (κ2) is 11.9. The van der Waals surface area contributed by atoms with Crippen molar-refractivity contribution < 1.29 is 9.53 Å². The van der Waals surface area contributed by atoms with E-state index >= 15 is 0 Å². The number of ether oxygens (including phenoxy) is 1. The van der Waals surface area contributed by atoms with Gasteiger partial charge in [-0.2, -0.15) is 0 Å². The predicted octanol–water partition coefficient (Wildman–Crippen LogP) is 5.84. The highest BCUT2D eigenvalue weighted by molar-refractivity contribution is 5.77. The Morgan fingerprint density at radius 3 is 1.81 bits per heavy atom. The van der Waals surface area contributed by atoms with E-state index < -0.39 is 0 Å². The predicted molar refractivity (Wildman–Crippen MR) is 145 cm³/mol. The Morgan fingerprint density at radius 1 is 0.722 bits per heavy atom. The molecule has 188 valence electrons. The fraction of sp³-hybridized carbons (Fsp3) is 0.406. The molecule has 0 unspecified atom stereocenters. The first kappa shape index (κ1) is 24.7. The van der Waals surface area contributed by atoms with Crippen LogP contribution in [0.25, 0.3) is 0 Å². The Kier molecular flexibility index (Phi) is 8.15. The van der Waals surface area contributed by atoms with E-state index in [9.17, 15) is 4.79 Å². The van der Waals surface area contributed by atoms with E-state index in [0.29, 0.717) is 0 Å². The Balaban J connectivity index is 1.24. The van der Waals surface area contributed by atoms with Gasteiger partial charge in [0.1, 0.15) is 12.7 Å². The third-order valence-corrected chi connectivity index (χ3v) is 8.01. The van der Waals surface area contributed by atoms with Gasteiger partial charge in [0.05, 0.1) is 0 Å². The second-order valence-electron chi connectivity index (χ2n) is 10.4. The SMILES string of the molecule is O=C(COC(c1ccccc1)c1ccccc1)N1CCC(CN2CCCCC2)(c2ccccc2)CC1. The van der Waals surface area contributed by atoms with Crippen molar-refractivity contribution in [1.82, 2.24) is 9.80 Å². The Labute approximate surface area is 215 Å². The fourth-order valence-corrected chi connectivity index (χ4v) is 5.95. The summed E-state index contributed by atoms with van der Waals surface area (Å²) in [5.41, 5.74) is 3.68. The molecule has 2 aliphatic heterocycles. The molecule has 2 saturated heterocycles. The fourth-order valence-electron chi connectivity index (χ4n) is 5.95. The number of hydrogen-bond donors (Lipinski definition) is 0. The summed E-state index contributed by atoms with van der Waals surface area (Å²) in [6.07, 6.45) is 5.71. The van der Waals surface area contributed by atoms with E-state index in [1.54, 1.807) is 0 Å². The van der Waals surface area contributed by atoms with Gasteiger partial charge in [0.15, 0.2) is 0 Å². The van der Waals surface area contributed by atoms with Crippen molar-refractivity contribution in [3.63, 3.8) is 0 Å². The van der Waals surface area contributed by atoms with E-state index in [1.165, 1.54) is 37.9 Å². The van der Waals surface area contributed by atoms with Crippen LogP contribution in [0.4, 0.5) is 0 Å². The molecular formula is C32H38N2O2. The maximum Gasteiger partial charge on any atom is 0.248 e. The largest absolute Gasteiger partial charge is 0.359 e. The summed E-state index contributed by atoms with van der Waals surface area (Å²) in [4.78, 5) is 18.0. The van der Waals surface area contributed by atoms with E-state index in [1.807, 2.05) is 41.3 Å². The third-order valence-electron chi connectivity index (χ3n) is 8.01. The van der Waals surface area contributed by atoms with Gasteiger partial charge in [-0.1, -0.05) is 97.4 Å². The van der Waals surface area contributed by atoms with E-state index in [4.69, 9.17) is 4.74 Å². The van der Waals surface area contributed by atoms with Crippen LogP contribution in [0, 0.1) is 0 Å². The number of carbonyl (C=O) groups excluding carboxylic acids is 1. The van der Waals surface area contributed by atoms with Crippen molar-refractivity contribution in [3.8, 4) is 0 Å². The molecule has 2 heterocycles. The number of hydrogen-bond acceptors (Lipinski definition) is 3. The van der Waals surface area contributed by atoms with Gasteiger partial charge < -0.3 is 14.5 Å². The summed E-state index contributed by atoms with van der Waals surface area (Å²) in [5, 5.41) is 0. The van der Waals surface area contributed by atoms with E-state index in [0.717, 1.165) is 43.6 Å². The Morgan fingerprint density at radius 2 is 1.25 bits per heavy atom.